The van der Waals surface area contributed by atoms with Gasteiger partial charge in [-0.2, -0.15) is 0 Å². The van der Waals surface area contributed by atoms with Crippen molar-refractivity contribution in [2.24, 2.45) is 5.92 Å². The molecule has 3 aliphatic heterocycles. The summed E-state index contributed by atoms with van der Waals surface area (Å²) in [7, 11) is 0. The van der Waals surface area contributed by atoms with Gasteiger partial charge in [0, 0.05) is 45.6 Å². The molecular weight excluding hydrogens is 615 g/mol. The second-order valence-corrected chi connectivity index (χ2v) is 13.3. The molecule has 1 saturated heterocycles. The van der Waals surface area contributed by atoms with Gasteiger partial charge in [-0.25, -0.2) is 4.79 Å². The molecule has 1 spiro atoms. The van der Waals surface area contributed by atoms with Crippen LogP contribution in [-0.4, -0.2) is 19.1 Å². The van der Waals surface area contributed by atoms with Gasteiger partial charge in [0.15, 0.2) is 5.60 Å². The minimum atomic E-state index is -1.18. The van der Waals surface area contributed by atoms with Gasteiger partial charge in [-0.15, -0.1) is 0 Å². The molecule has 3 heterocycles. The second kappa shape index (κ2) is 11.4. The molecular formula is C39H32Cl2N2O3. The number of ether oxygens (including phenoxy) is 2. The third-order valence-corrected chi connectivity index (χ3v) is 9.93. The smallest absolute Gasteiger partial charge is 0.340 e. The van der Waals surface area contributed by atoms with E-state index in [0.717, 1.165) is 58.7 Å². The number of hydrogen-bond acceptors (Lipinski definition) is 5. The number of nitrogens with one attached hydrogen (secondary N) is 1. The molecule has 5 aromatic rings. The van der Waals surface area contributed by atoms with E-state index in [1.165, 1.54) is 6.42 Å². The molecule has 2 unspecified atom stereocenters. The van der Waals surface area contributed by atoms with Crippen LogP contribution in [0, 0.1) is 5.92 Å². The molecule has 3 aliphatic rings. The van der Waals surface area contributed by atoms with Crippen molar-refractivity contribution in [2.75, 3.05) is 23.3 Å². The van der Waals surface area contributed by atoms with E-state index in [9.17, 15) is 4.79 Å². The summed E-state index contributed by atoms with van der Waals surface area (Å²) in [5.74, 6) is 1.58. The molecule has 2 atom stereocenters. The van der Waals surface area contributed by atoms with Crippen LogP contribution in [0.25, 0.3) is 0 Å². The summed E-state index contributed by atoms with van der Waals surface area (Å²) < 4.78 is 13.3. The molecule has 0 aromatic heterocycles. The molecule has 0 radical (unpaired) electrons. The molecule has 0 bridgehead atoms. The summed E-state index contributed by atoms with van der Waals surface area (Å²) in [6, 6.07) is 35.4. The number of halogens is 2. The zero-order valence-electron chi connectivity index (χ0n) is 25.3. The molecule has 0 amide bonds. The highest BCUT2D eigenvalue weighted by Gasteiger charge is 2.55. The number of fused-ring (bicyclic) bond motifs is 6. The van der Waals surface area contributed by atoms with E-state index in [2.05, 4.69) is 29.3 Å². The Kier molecular flexibility index (Phi) is 7.19. The molecule has 0 saturated carbocycles. The van der Waals surface area contributed by atoms with Gasteiger partial charge < -0.3 is 19.7 Å². The van der Waals surface area contributed by atoms with E-state index < -0.39 is 5.60 Å². The summed E-state index contributed by atoms with van der Waals surface area (Å²) in [6.07, 6.45) is 2.31. The standard InChI is InChI=1S/C39H32Cl2N2O3/c1-24-6-5-21-43(23-24)33-9-4-10-35-36(33)39(31-8-3-2-7-30(31)38(44)46-39)32-22-29(19-20-34(32)45-35)42-37(25-11-15-27(40)16-12-25)26-13-17-28(41)18-14-26/h2-4,7-20,22,24,37,42H,5-6,21,23H2,1H3. The van der Waals surface area contributed by atoms with Crippen molar-refractivity contribution in [2.45, 2.75) is 31.4 Å². The van der Waals surface area contributed by atoms with Crippen LogP contribution in [0.1, 0.15) is 64.0 Å². The molecule has 46 heavy (non-hydrogen) atoms. The molecule has 230 valence electrons. The lowest BCUT2D eigenvalue weighted by atomic mass is 9.76. The van der Waals surface area contributed by atoms with E-state index in [1.54, 1.807) is 0 Å². The number of piperidine rings is 1. The van der Waals surface area contributed by atoms with Crippen molar-refractivity contribution in [3.8, 4) is 11.5 Å². The highest BCUT2D eigenvalue weighted by Crippen LogP contribution is 2.59. The Morgan fingerprint density at radius 2 is 1.54 bits per heavy atom. The van der Waals surface area contributed by atoms with Crippen molar-refractivity contribution in [1.29, 1.82) is 0 Å². The molecule has 0 aliphatic carbocycles. The van der Waals surface area contributed by atoms with Gasteiger partial charge in [-0.3, -0.25) is 0 Å². The summed E-state index contributed by atoms with van der Waals surface area (Å²) in [5.41, 5.74) is 5.85. The third-order valence-electron chi connectivity index (χ3n) is 9.42. The van der Waals surface area contributed by atoms with E-state index in [4.69, 9.17) is 32.7 Å². The maximum atomic E-state index is 13.7. The summed E-state index contributed by atoms with van der Waals surface area (Å²) in [5, 5.41) is 5.10. The fourth-order valence-corrected chi connectivity index (χ4v) is 7.56. The predicted octanol–water partition coefficient (Wildman–Crippen LogP) is 10.00. The Hall–Kier alpha value is -4.45. The first-order valence-electron chi connectivity index (χ1n) is 15.7. The number of carbonyl (C=O) groups excluding carboxylic acids is 1. The number of nitrogens with zero attached hydrogens (tertiary/aromatic N) is 1. The monoisotopic (exact) mass is 646 g/mol. The van der Waals surface area contributed by atoms with Gasteiger partial charge in [0.2, 0.25) is 0 Å². The van der Waals surface area contributed by atoms with Gasteiger partial charge in [-0.05, 0) is 90.6 Å². The van der Waals surface area contributed by atoms with Gasteiger partial charge in [0.05, 0.1) is 17.2 Å². The third kappa shape index (κ3) is 4.81. The first-order valence-corrected chi connectivity index (χ1v) is 16.5. The molecule has 5 aromatic carbocycles. The van der Waals surface area contributed by atoms with Crippen LogP contribution in [-0.2, 0) is 10.3 Å². The quantitative estimate of drug-likeness (QED) is 0.193. The fraction of sp³-hybridized carbons (Fsp3) is 0.205. The number of carbonyl (C=O) groups is 1. The first-order chi connectivity index (χ1) is 22.4. The average molecular weight is 648 g/mol. The predicted molar refractivity (Wildman–Crippen MR) is 184 cm³/mol. The largest absolute Gasteiger partial charge is 0.456 e. The number of hydrogen-bond donors (Lipinski definition) is 1. The minimum absolute atomic E-state index is 0.204. The topological polar surface area (TPSA) is 50.8 Å². The van der Waals surface area contributed by atoms with Crippen molar-refractivity contribution >= 4 is 40.5 Å². The van der Waals surface area contributed by atoms with Gasteiger partial charge in [0.1, 0.15) is 11.5 Å². The first kappa shape index (κ1) is 29.0. The normalized spacial score (nSPS) is 19.7. The van der Waals surface area contributed by atoms with E-state index in [-0.39, 0.29) is 12.0 Å². The van der Waals surface area contributed by atoms with Crippen LogP contribution in [0.3, 0.4) is 0 Å². The Labute approximate surface area is 278 Å². The Balaban J connectivity index is 1.30. The summed E-state index contributed by atoms with van der Waals surface area (Å²) in [6.45, 7) is 4.16. The van der Waals surface area contributed by atoms with Gasteiger partial charge in [0.25, 0.3) is 0 Å². The zero-order valence-corrected chi connectivity index (χ0v) is 26.8. The Morgan fingerprint density at radius 1 is 0.826 bits per heavy atom. The lowest BCUT2D eigenvalue weighted by Crippen LogP contribution is -2.39. The van der Waals surface area contributed by atoms with Crippen LogP contribution < -0.4 is 15.0 Å². The van der Waals surface area contributed by atoms with Crippen molar-refractivity contribution < 1.29 is 14.3 Å². The van der Waals surface area contributed by atoms with Crippen LogP contribution >= 0.6 is 23.2 Å². The lowest BCUT2D eigenvalue weighted by Gasteiger charge is -2.41. The second-order valence-electron chi connectivity index (χ2n) is 12.5. The van der Waals surface area contributed by atoms with Crippen LogP contribution in [0.4, 0.5) is 11.4 Å². The maximum absolute atomic E-state index is 13.7. The Morgan fingerprint density at radius 3 is 2.26 bits per heavy atom. The molecule has 5 nitrogen and oxygen atoms in total. The van der Waals surface area contributed by atoms with Crippen LogP contribution in [0.5, 0.6) is 11.5 Å². The van der Waals surface area contributed by atoms with E-state index in [1.807, 2.05) is 97.1 Å². The number of benzene rings is 5. The Bertz CT molecular complexity index is 1910. The minimum Gasteiger partial charge on any atom is -0.456 e. The molecule has 1 N–H and O–H groups in total. The number of anilines is 2. The zero-order chi connectivity index (χ0) is 31.4. The molecule has 1 fully saturated rings. The van der Waals surface area contributed by atoms with Gasteiger partial charge in [-0.1, -0.05) is 78.7 Å². The fourth-order valence-electron chi connectivity index (χ4n) is 7.31. The lowest BCUT2D eigenvalue weighted by molar-refractivity contribution is 0.0226. The summed E-state index contributed by atoms with van der Waals surface area (Å²) >= 11 is 12.5. The van der Waals surface area contributed by atoms with Crippen LogP contribution in [0.15, 0.2) is 109 Å². The highest BCUT2D eigenvalue weighted by atomic mass is 35.5. The van der Waals surface area contributed by atoms with Crippen molar-refractivity contribution in [1.82, 2.24) is 0 Å². The van der Waals surface area contributed by atoms with Gasteiger partial charge >= 0.3 is 5.97 Å². The van der Waals surface area contributed by atoms with E-state index in [0.29, 0.717) is 33.0 Å². The number of rotatable bonds is 5. The maximum Gasteiger partial charge on any atom is 0.340 e. The van der Waals surface area contributed by atoms with E-state index >= 15 is 0 Å². The highest BCUT2D eigenvalue weighted by molar-refractivity contribution is 6.30. The van der Waals surface area contributed by atoms with Crippen molar-refractivity contribution in [3.63, 3.8) is 0 Å². The molecule has 8 rings (SSSR count). The average Bonchev–Trinajstić information content (AvgIpc) is 3.37. The number of esters is 1. The van der Waals surface area contributed by atoms with Crippen LogP contribution in [0.2, 0.25) is 10.0 Å². The molecule has 7 heteroatoms. The SMILES string of the molecule is CC1CCCN(c2cccc3c2C2(OC(=O)c4ccccc42)c2cc(NC(c4ccc(Cl)cc4)c4ccc(Cl)cc4)ccc2O3)C1. The van der Waals surface area contributed by atoms with Crippen molar-refractivity contribution in [3.05, 3.63) is 153 Å². The summed E-state index contributed by atoms with van der Waals surface area (Å²) in [4.78, 5) is 16.1.